The Morgan fingerprint density at radius 2 is 1.94 bits per heavy atom. The van der Waals surface area contributed by atoms with Crippen molar-refractivity contribution in [3.8, 4) is 11.5 Å². The molecule has 2 rings (SSSR count). The lowest BCUT2D eigenvalue weighted by Gasteiger charge is -2.03. The Morgan fingerprint density at radius 3 is 2.59 bits per heavy atom. The molecule has 0 bridgehead atoms. The summed E-state index contributed by atoms with van der Waals surface area (Å²) in [6.45, 7) is 3.51. The number of carbonyl (C=O) groups is 1. The van der Waals surface area contributed by atoms with Gasteiger partial charge in [-0.15, -0.1) is 10.2 Å². The van der Waals surface area contributed by atoms with Crippen LogP contribution in [0.1, 0.15) is 24.5 Å². The summed E-state index contributed by atoms with van der Waals surface area (Å²) in [5.74, 6) is -0.423. The van der Waals surface area contributed by atoms with Gasteiger partial charge >= 0.3 is 11.9 Å². The predicted octanol–water partition coefficient (Wildman–Crippen LogP) is 2.30. The largest absolute Gasteiger partial charge is 0.456 e. The molecule has 0 spiro atoms. The lowest BCUT2D eigenvalue weighted by molar-refractivity contribution is 0.0332. The van der Waals surface area contributed by atoms with Crippen molar-refractivity contribution in [1.29, 1.82) is 0 Å². The van der Waals surface area contributed by atoms with Crippen molar-refractivity contribution in [2.75, 3.05) is 0 Å². The van der Waals surface area contributed by atoms with Crippen molar-refractivity contribution in [2.24, 2.45) is 0 Å². The first-order valence-electron chi connectivity index (χ1n) is 5.26. The SMILES string of the molecule is CC(C)OC(=O)c1nnc(-c2ccccc2)o1. The number of nitrogens with zero attached hydrogens (tertiary/aromatic N) is 2. The topological polar surface area (TPSA) is 65.2 Å². The normalized spacial score (nSPS) is 10.5. The van der Waals surface area contributed by atoms with E-state index in [2.05, 4.69) is 10.2 Å². The fourth-order valence-electron chi connectivity index (χ4n) is 1.27. The van der Waals surface area contributed by atoms with Crippen LogP contribution < -0.4 is 0 Å². The number of rotatable bonds is 3. The van der Waals surface area contributed by atoms with Gasteiger partial charge in [-0.05, 0) is 26.0 Å². The molecule has 0 aliphatic carbocycles. The first-order valence-corrected chi connectivity index (χ1v) is 5.26. The molecular formula is C12H12N2O3. The van der Waals surface area contributed by atoms with Gasteiger partial charge in [-0.25, -0.2) is 4.79 Å². The van der Waals surface area contributed by atoms with Gasteiger partial charge in [-0.1, -0.05) is 18.2 Å². The van der Waals surface area contributed by atoms with E-state index in [1.807, 2.05) is 30.3 Å². The minimum Gasteiger partial charge on any atom is -0.456 e. The maximum absolute atomic E-state index is 11.5. The van der Waals surface area contributed by atoms with Crippen LogP contribution in [-0.2, 0) is 4.74 Å². The summed E-state index contributed by atoms with van der Waals surface area (Å²) in [6.07, 6.45) is -0.213. The van der Waals surface area contributed by atoms with E-state index in [1.165, 1.54) is 0 Å². The van der Waals surface area contributed by atoms with Gasteiger partial charge in [-0.2, -0.15) is 0 Å². The zero-order chi connectivity index (χ0) is 12.3. The second kappa shape index (κ2) is 4.78. The summed E-state index contributed by atoms with van der Waals surface area (Å²) in [5.41, 5.74) is 0.767. The van der Waals surface area contributed by atoms with Crippen LogP contribution in [-0.4, -0.2) is 22.3 Å². The minimum atomic E-state index is -0.602. The highest BCUT2D eigenvalue weighted by Crippen LogP contribution is 2.17. The molecule has 1 heterocycles. The van der Waals surface area contributed by atoms with Crippen LogP contribution in [0.5, 0.6) is 0 Å². The van der Waals surface area contributed by atoms with Crippen LogP contribution in [0.3, 0.4) is 0 Å². The Kier molecular flexibility index (Phi) is 3.18. The molecule has 1 aromatic heterocycles. The van der Waals surface area contributed by atoms with Gasteiger partial charge < -0.3 is 9.15 Å². The summed E-state index contributed by atoms with van der Waals surface area (Å²) in [4.78, 5) is 11.5. The van der Waals surface area contributed by atoms with Crippen LogP contribution in [0, 0.1) is 0 Å². The van der Waals surface area contributed by atoms with Crippen LogP contribution in [0.4, 0.5) is 0 Å². The molecular weight excluding hydrogens is 220 g/mol. The van der Waals surface area contributed by atoms with Crippen LogP contribution in [0.25, 0.3) is 11.5 Å². The highest BCUT2D eigenvalue weighted by molar-refractivity contribution is 5.84. The van der Waals surface area contributed by atoms with Gasteiger partial charge in [0.25, 0.3) is 0 Å². The third-order valence-electron chi connectivity index (χ3n) is 1.96. The number of hydrogen-bond acceptors (Lipinski definition) is 5. The van der Waals surface area contributed by atoms with Crippen molar-refractivity contribution in [1.82, 2.24) is 10.2 Å². The summed E-state index contributed by atoms with van der Waals surface area (Å²) in [7, 11) is 0. The molecule has 0 radical (unpaired) electrons. The number of ether oxygens (including phenoxy) is 1. The maximum atomic E-state index is 11.5. The molecule has 0 fully saturated rings. The molecule has 0 unspecified atom stereocenters. The molecule has 0 N–H and O–H groups in total. The third-order valence-corrected chi connectivity index (χ3v) is 1.96. The molecule has 2 aromatic rings. The van der Waals surface area contributed by atoms with Gasteiger partial charge in [0.05, 0.1) is 6.10 Å². The van der Waals surface area contributed by atoms with Crippen molar-refractivity contribution < 1.29 is 13.9 Å². The van der Waals surface area contributed by atoms with Gasteiger partial charge in [0.2, 0.25) is 5.89 Å². The van der Waals surface area contributed by atoms with E-state index in [1.54, 1.807) is 13.8 Å². The minimum absolute atomic E-state index is 0.127. The molecule has 0 aliphatic heterocycles. The molecule has 5 nitrogen and oxygen atoms in total. The van der Waals surface area contributed by atoms with Crippen LogP contribution in [0.15, 0.2) is 34.7 Å². The Labute approximate surface area is 98.4 Å². The number of hydrogen-bond donors (Lipinski definition) is 0. The number of carbonyl (C=O) groups excluding carboxylic acids is 1. The Bertz CT molecular complexity index is 505. The van der Waals surface area contributed by atoms with E-state index in [0.29, 0.717) is 5.89 Å². The molecule has 17 heavy (non-hydrogen) atoms. The van der Waals surface area contributed by atoms with Crippen molar-refractivity contribution in [2.45, 2.75) is 20.0 Å². The smallest absolute Gasteiger partial charge is 0.396 e. The van der Waals surface area contributed by atoms with Crippen LogP contribution in [0.2, 0.25) is 0 Å². The first-order chi connectivity index (χ1) is 8.16. The molecule has 0 atom stereocenters. The fourth-order valence-corrected chi connectivity index (χ4v) is 1.27. The standard InChI is InChI=1S/C12H12N2O3/c1-8(2)16-12(15)11-14-13-10(17-11)9-6-4-3-5-7-9/h3-8H,1-2H3. The van der Waals surface area contributed by atoms with E-state index in [9.17, 15) is 4.79 Å². The highest BCUT2D eigenvalue weighted by atomic mass is 16.6. The zero-order valence-electron chi connectivity index (χ0n) is 9.58. The summed E-state index contributed by atoms with van der Waals surface area (Å²) in [5, 5.41) is 7.45. The monoisotopic (exact) mass is 232 g/mol. The van der Waals surface area contributed by atoms with Crippen LogP contribution >= 0.6 is 0 Å². The average Bonchev–Trinajstić information content (AvgIpc) is 2.78. The van der Waals surface area contributed by atoms with E-state index in [0.717, 1.165) is 5.56 Å². The van der Waals surface area contributed by atoms with Gasteiger partial charge in [0.15, 0.2) is 0 Å². The lowest BCUT2D eigenvalue weighted by atomic mass is 10.2. The lowest BCUT2D eigenvalue weighted by Crippen LogP contribution is -2.11. The fraction of sp³-hybridized carbons (Fsp3) is 0.250. The average molecular weight is 232 g/mol. The van der Waals surface area contributed by atoms with Crippen molar-refractivity contribution >= 4 is 5.97 Å². The second-order valence-corrected chi connectivity index (χ2v) is 3.73. The Hall–Kier alpha value is -2.17. The van der Waals surface area contributed by atoms with E-state index in [4.69, 9.17) is 9.15 Å². The molecule has 0 saturated carbocycles. The molecule has 0 aliphatic rings. The Balaban J connectivity index is 2.19. The van der Waals surface area contributed by atoms with E-state index in [-0.39, 0.29) is 12.0 Å². The molecule has 0 amide bonds. The zero-order valence-corrected chi connectivity index (χ0v) is 9.58. The van der Waals surface area contributed by atoms with E-state index >= 15 is 0 Å². The second-order valence-electron chi connectivity index (χ2n) is 3.73. The summed E-state index contributed by atoms with van der Waals surface area (Å²) >= 11 is 0. The molecule has 0 saturated heterocycles. The van der Waals surface area contributed by atoms with Crippen molar-refractivity contribution in [3.63, 3.8) is 0 Å². The molecule has 88 valence electrons. The quantitative estimate of drug-likeness (QED) is 0.759. The Morgan fingerprint density at radius 1 is 1.24 bits per heavy atom. The van der Waals surface area contributed by atoms with E-state index < -0.39 is 5.97 Å². The predicted molar refractivity (Wildman–Crippen MR) is 60.3 cm³/mol. The number of esters is 1. The third kappa shape index (κ3) is 2.69. The molecule has 1 aromatic carbocycles. The maximum Gasteiger partial charge on any atom is 0.396 e. The number of aromatic nitrogens is 2. The van der Waals surface area contributed by atoms with Gasteiger partial charge in [0, 0.05) is 5.56 Å². The number of benzene rings is 1. The summed E-state index contributed by atoms with van der Waals surface area (Å²) in [6, 6.07) is 9.24. The van der Waals surface area contributed by atoms with Gasteiger partial charge in [0.1, 0.15) is 0 Å². The van der Waals surface area contributed by atoms with Crippen molar-refractivity contribution in [3.05, 3.63) is 36.2 Å². The first kappa shape index (κ1) is 11.3. The highest BCUT2D eigenvalue weighted by Gasteiger charge is 2.18. The molecule has 5 heteroatoms. The van der Waals surface area contributed by atoms with Gasteiger partial charge in [-0.3, -0.25) is 0 Å². The summed E-state index contributed by atoms with van der Waals surface area (Å²) < 4.78 is 10.2.